The monoisotopic (exact) mass is 244 g/mol. The smallest absolute Gasteiger partial charge is 0.304 e. The molecule has 6 nitrogen and oxygen atoms in total. The van der Waals surface area contributed by atoms with E-state index in [0.717, 1.165) is 0 Å². The number of carbonyl (C=O) groups is 3. The Morgan fingerprint density at radius 3 is 2.12 bits per heavy atom. The molecule has 0 saturated carbocycles. The van der Waals surface area contributed by atoms with E-state index in [1.165, 1.54) is 6.92 Å². The maximum atomic E-state index is 11.6. The zero-order chi connectivity index (χ0) is 13.6. The zero-order valence-electron chi connectivity index (χ0n) is 10.4. The van der Waals surface area contributed by atoms with Gasteiger partial charge in [-0.25, -0.2) is 0 Å². The maximum Gasteiger partial charge on any atom is 0.304 e. The summed E-state index contributed by atoms with van der Waals surface area (Å²) in [6.07, 6.45) is -0.265. The molecule has 1 amide bonds. The minimum absolute atomic E-state index is 0.0164. The Labute approximate surface area is 101 Å². The molecule has 0 aliphatic carbocycles. The normalized spacial score (nSPS) is 14.2. The minimum Gasteiger partial charge on any atom is -0.481 e. The molecule has 0 aliphatic rings. The van der Waals surface area contributed by atoms with Gasteiger partial charge in [-0.1, -0.05) is 20.8 Å². The van der Waals surface area contributed by atoms with Crippen LogP contribution in [-0.2, 0) is 14.4 Å². The number of carboxylic acids is 1. The first-order chi connectivity index (χ1) is 7.79. The van der Waals surface area contributed by atoms with E-state index in [1.54, 1.807) is 13.8 Å². The Bertz CT molecular complexity index is 302. The highest BCUT2D eigenvalue weighted by Gasteiger charge is 2.24. The fourth-order valence-corrected chi connectivity index (χ4v) is 1.32. The molecule has 0 heterocycles. The summed E-state index contributed by atoms with van der Waals surface area (Å²) in [5, 5.41) is 11.0. The Balaban J connectivity index is 4.43. The molecule has 4 N–H and O–H groups in total. The van der Waals surface area contributed by atoms with E-state index in [0.29, 0.717) is 0 Å². The average molecular weight is 244 g/mol. The fraction of sp³-hybridized carbons (Fsp3) is 0.727. The lowest BCUT2D eigenvalue weighted by atomic mass is 10.0. The highest BCUT2D eigenvalue weighted by Crippen LogP contribution is 2.04. The highest BCUT2D eigenvalue weighted by atomic mass is 16.4. The second-order valence-electron chi connectivity index (χ2n) is 4.35. The van der Waals surface area contributed by atoms with Gasteiger partial charge in [0.25, 0.3) is 0 Å². The van der Waals surface area contributed by atoms with E-state index >= 15 is 0 Å². The second-order valence-corrected chi connectivity index (χ2v) is 4.35. The van der Waals surface area contributed by atoms with Crippen molar-refractivity contribution in [3.63, 3.8) is 0 Å². The first-order valence-electron chi connectivity index (χ1n) is 5.55. The molecule has 0 bridgehead atoms. The number of Topliss-reactive ketones (excluding diaryl/α,β-unsaturated/α-hetero) is 1. The molecule has 2 atom stereocenters. The van der Waals surface area contributed by atoms with Crippen LogP contribution in [0.1, 0.15) is 27.2 Å². The van der Waals surface area contributed by atoms with E-state index < -0.39 is 23.8 Å². The molecule has 6 heteroatoms. The lowest BCUT2D eigenvalue weighted by Gasteiger charge is -2.19. The molecule has 0 aromatic heterocycles. The topological polar surface area (TPSA) is 109 Å². The lowest BCUT2D eigenvalue weighted by Crippen LogP contribution is -2.49. The van der Waals surface area contributed by atoms with Crippen LogP contribution in [-0.4, -0.2) is 35.4 Å². The molecule has 17 heavy (non-hydrogen) atoms. The number of rotatable bonds is 7. The second kappa shape index (κ2) is 7.01. The van der Waals surface area contributed by atoms with Crippen LogP contribution in [0.15, 0.2) is 0 Å². The molecular weight excluding hydrogens is 224 g/mol. The molecule has 0 rings (SSSR count). The summed E-state index contributed by atoms with van der Waals surface area (Å²) in [6, 6.07) is -0.737. The van der Waals surface area contributed by atoms with Gasteiger partial charge in [0, 0.05) is 18.4 Å². The third-order valence-corrected chi connectivity index (χ3v) is 2.39. The standard InChI is InChI=1S/C11H20N2O4/c1-6(2)10(16)8(5-12)13-11(17)7(3)4-9(14)15/h6-8H,4-5,12H2,1-3H3,(H,13,17)(H,14,15)/t7?,8-/m1/s1. The number of ketones is 1. The van der Waals surface area contributed by atoms with E-state index in [4.69, 9.17) is 10.8 Å². The predicted octanol–water partition coefficient (Wildman–Crippen LogP) is -0.234. The summed E-state index contributed by atoms with van der Waals surface area (Å²) in [5.41, 5.74) is 5.41. The van der Waals surface area contributed by atoms with Crippen molar-refractivity contribution in [2.75, 3.05) is 6.54 Å². The maximum absolute atomic E-state index is 11.6. The number of carboxylic acid groups (broad SMARTS) is 1. The van der Waals surface area contributed by atoms with Gasteiger partial charge in [-0.2, -0.15) is 0 Å². The summed E-state index contributed by atoms with van der Waals surface area (Å²) in [5.74, 6) is -2.56. The summed E-state index contributed by atoms with van der Waals surface area (Å²) in [4.78, 5) is 33.7. The SMILES string of the molecule is CC(C)C(=O)[C@@H](CN)NC(=O)C(C)CC(=O)O. The Kier molecular flexibility index (Phi) is 6.42. The Morgan fingerprint density at radius 2 is 1.76 bits per heavy atom. The number of hydrogen-bond acceptors (Lipinski definition) is 4. The van der Waals surface area contributed by atoms with Gasteiger partial charge in [0.05, 0.1) is 12.5 Å². The predicted molar refractivity (Wildman–Crippen MR) is 62.2 cm³/mol. The van der Waals surface area contributed by atoms with Crippen molar-refractivity contribution in [2.24, 2.45) is 17.6 Å². The van der Waals surface area contributed by atoms with Crippen LogP contribution < -0.4 is 11.1 Å². The van der Waals surface area contributed by atoms with Crippen molar-refractivity contribution in [3.8, 4) is 0 Å². The van der Waals surface area contributed by atoms with Gasteiger partial charge in [-0.05, 0) is 0 Å². The van der Waals surface area contributed by atoms with Crippen molar-refractivity contribution in [2.45, 2.75) is 33.2 Å². The van der Waals surface area contributed by atoms with Crippen LogP contribution in [0.3, 0.4) is 0 Å². The van der Waals surface area contributed by atoms with Crippen molar-refractivity contribution >= 4 is 17.7 Å². The molecule has 1 unspecified atom stereocenters. The van der Waals surface area contributed by atoms with E-state index in [1.807, 2.05) is 0 Å². The van der Waals surface area contributed by atoms with Crippen molar-refractivity contribution < 1.29 is 19.5 Å². The molecule has 0 aromatic carbocycles. The third kappa shape index (κ3) is 5.44. The minimum atomic E-state index is -1.05. The summed E-state index contributed by atoms with van der Waals surface area (Å²) in [6.45, 7) is 4.95. The van der Waals surface area contributed by atoms with Gasteiger partial charge >= 0.3 is 5.97 Å². The number of nitrogens with two attached hydrogens (primary N) is 1. The van der Waals surface area contributed by atoms with Crippen LogP contribution in [0.25, 0.3) is 0 Å². The number of carbonyl (C=O) groups excluding carboxylic acids is 2. The first kappa shape index (κ1) is 15.6. The molecule has 0 radical (unpaired) electrons. The summed E-state index contributed by atoms with van der Waals surface area (Å²) < 4.78 is 0. The Morgan fingerprint density at radius 1 is 1.24 bits per heavy atom. The molecule has 98 valence electrons. The largest absolute Gasteiger partial charge is 0.481 e. The van der Waals surface area contributed by atoms with E-state index in [-0.39, 0.29) is 24.7 Å². The van der Waals surface area contributed by atoms with Crippen molar-refractivity contribution in [1.82, 2.24) is 5.32 Å². The van der Waals surface area contributed by atoms with Crippen LogP contribution in [0.4, 0.5) is 0 Å². The van der Waals surface area contributed by atoms with Crippen LogP contribution in [0.2, 0.25) is 0 Å². The van der Waals surface area contributed by atoms with Crippen molar-refractivity contribution in [3.05, 3.63) is 0 Å². The van der Waals surface area contributed by atoms with Gasteiger partial charge in [0.2, 0.25) is 5.91 Å². The van der Waals surface area contributed by atoms with E-state index in [2.05, 4.69) is 5.32 Å². The van der Waals surface area contributed by atoms with Crippen molar-refractivity contribution in [1.29, 1.82) is 0 Å². The number of nitrogens with one attached hydrogen (secondary N) is 1. The van der Waals surface area contributed by atoms with Gasteiger partial charge < -0.3 is 16.2 Å². The van der Waals surface area contributed by atoms with Crippen LogP contribution in [0.5, 0.6) is 0 Å². The molecule has 0 aliphatic heterocycles. The summed E-state index contributed by atoms with van der Waals surface area (Å²) >= 11 is 0. The highest BCUT2D eigenvalue weighted by molar-refractivity contribution is 5.91. The Hall–Kier alpha value is -1.43. The number of aliphatic carboxylic acids is 1. The third-order valence-electron chi connectivity index (χ3n) is 2.39. The lowest BCUT2D eigenvalue weighted by molar-refractivity contribution is -0.141. The van der Waals surface area contributed by atoms with E-state index in [9.17, 15) is 14.4 Å². The van der Waals surface area contributed by atoms with Gasteiger partial charge in [-0.15, -0.1) is 0 Å². The fourth-order valence-electron chi connectivity index (χ4n) is 1.32. The number of hydrogen-bond donors (Lipinski definition) is 3. The molecule has 0 spiro atoms. The quantitative estimate of drug-likeness (QED) is 0.573. The van der Waals surface area contributed by atoms with Crippen LogP contribution in [0, 0.1) is 11.8 Å². The zero-order valence-corrected chi connectivity index (χ0v) is 10.4. The van der Waals surface area contributed by atoms with Gasteiger partial charge in [-0.3, -0.25) is 14.4 Å². The van der Waals surface area contributed by atoms with Crippen LogP contribution >= 0.6 is 0 Å². The molecule has 0 aromatic rings. The molecular formula is C11H20N2O4. The average Bonchev–Trinajstić information content (AvgIpc) is 2.23. The van der Waals surface area contributed by atoms with Gasteiger partial charge in [0.1, 0.15) is 0 Å². The van der Waals surface area contributed by atoms with Gasteiger partial charge in [0.15, 0.2) is 5.78 Å². The molecule has 0 fully saturated rings. The summed E-state index contributed by atoms with van der Waals surface area (Å²) in [7, 11) is 0. The first-order valence-corrected chi connectivity index (χ1v) is 5.55. The molecule has 0 saturated heterocycles. The number of amides is 1.